The number of halogens is 2. The van der Waals surface area contributed by atoms with Crippen molar-refractivity contribution in [2.45, 2.75) is 20.2 Å². The highest BCUT2D eigenvalue weighted by Gasteiger charge is 2.12. The highest BCUT2D eigenvalue weighted by atomic mass is 35.5. The molecule has 2 aromatic heterocycles. The molecule has 1 amide bonds. The van der Waals surface area contributed by atoms with Crippen LogP contribution in [0.25, 0.3) is 0 Å². The monoisotopic (exact) mass is 393 g/mol. The summed E-state index contributed by atoms with van der Waals surface area (Å²) in [4.78, 5) is 12.2. The molecule has 2 heterocycles. The second-order valence-corrected chi connectivity index (χ2v) is 6.44. The number of aryl methyl sites for hydroxylation is 1. The van der Waals surface area contributed by atoms with Gasteiger partial charge >= 0.3 is 0 Å². The van der Waals surface area contributed by atoms with Crippen LogP contribution >= 0.6 is 23.2 Å². The van der Waals surface area contributed by atoms with Gasteiger partial charge in [0, 0.05) is 31.0 Å². The first-order valence-electron chi connectivity index (χ1n) is 7.81. The normalized spacial score (nSPS) is 10.8. The quantitative estimate of drug-likeness (QED) is 0.697. The van der Waals surface area contributed by atoms with Crippen molar-refractivity contribution in [1.82, 2.24) is 24.9 Å². The third-order valence-electron chi connectivity index (χ3n) is 3.91. The number of nitrogens with zero attached hydrogens (tertiary/aromatic N) is 4. The second kappa shape index (κ2) is 7.80. The Morgan fingerprint density at radius 1 is 1.27 bits per heavy atom. The Kier molecular flexibility index (Phi) is 5.49. The molecule has 0 spiro atoms. The molecule has 3 rings (SSSR count). The number of ether oxygens (including phenoxy) is 1. The van der Waals surface area contributed by atoms with E-state index in [2.05, 4.69) is 15.5 Å². The van der Waals surface area contributed by atoms with E-state index < -0.39 is 0 Å². The Hall–Kier alpha value is -2.51. The maximum atomic E-state index is 12.2. The van der Waals surface area contributed by atoms with Gasteiger partial charge in [-0.3, -0.25) is 9.48 Å². The molecule has 9 heteroatoms. The lowest BCUT2D eigenvalue weighted by Gasteiger charge is -2.09. The Bertz CT molecular complexity index is 915. The average molecular weight is 394 g/mol. The fourth-order valence-corrected chi connectivity index (χ4v) is 2.80. The van der Waals surface area contributed by atoms with Gasteiger partial charge in [0.25, 0.3) is 5.91 Å². The van der Waals surface area contributed by atoms with Gasteiger partial charge in [0.1, 0.15) is 5.69 Å². The Morgan fingerprint density at radius 2 is 2.00 bits per heavy atom. The predicted octanol–water partition coefficient (Wildman–Crippen LogP) is 3.20. The van der Waals surface area contributed by atoms with E-state index in [0.717, 1.165) is 11.3 Å². The van der Waals surface area contributed by atoms with Crippen molar-refractivity contribution in [3.05, 3.63) is 63.7 Å². The standard InChI is InChI=1S/C17H17Cl2N5O2/c1-11-12(9-21-23(11)2)8-20-17(25)15-6-7-24(22-15)10-26-16-13(18)4-3-5-14(16)19/h3-7,9H,8,10H2,1-2H3,(H,20,25). The molecule has 136 valence electrons. The van der Waals surface area contributed by atoms with Crippen LogP contribution in [0.4, 0.5) is 0 Å². The van der Waals surface area contributed by atoms with Gasteiger partial charge in [0.15, 0.2) is 12.5 Å². The number of hydrogen-bond donors (Lipinski definition) is 1. The summed E-state index contributed by atoms with van der Waals surface area (Å²) in [5.41, 5.74) is 2.25. The molecule has 1 N–H and O–H groups in total. The molecular formula is C17H17Cl2N5O2. The van der Waals surface area contributed by atoms with E-state index in [4.69, 9.17) is 27.9 Å². The molecule has 0 bridgehead atoms. The lowest BCUT2D eigenvalue weighted by atomic mass is 10.2. The van der Waals surface area contributed by atoms with Crippen LogP contribution in [0.2, 0.25) is 10.0 Å². The van der Waals surface area contributed by atoms with Gasteiger partial charge in [-0.2, -0.15) is 10.2 Å². The van der Waals surface area contributed by atoms with Crippen molar-refractivity contribution >= 4 is 29.1 Å². The summed E-state index contributed by atoms with van der Waals surface area (Å²) >= 11 is 12.1. The number of benzene rings is 1. The number of aromatic nitrogens is 4. The molecule has 0 saturated carbocycles. The Labute approximate surface area is 160 Å². The van der Waals surface area contributed by atoms with E-state index in [0.29, 0.717) is 28.0 Å². The first kappa shape index (κ1) is 18.3. The van der Waals surface area contributed by atoms with Gasteiger partial charge in [-0.05, 0) is 25.1 Å². The molecule has 0 fully saturated rings. The molecule has 7 nitrogen and oxygen atoms in total. The Balaban J connectivity index is 1.58. The highest BCUT2D eigenvalue weighted by Crippen LogP contribution is 2.32. The first-order chi connectivity index (χ1) is 12.5. The van der Waals surface area contributed by atoms with Gasteiger partial charge in [-0.25, -0.2) is 4.68 Å². The number of hydrogen-bond acceptors (Lipinski definition) is 4. The lowest BCUT2D eigenvalue weighted by molar-refractivity contribution is 0.0944. The summed E-state index contributed by atoms with van der Waals surface area (Å²) in [6, 6.07) is 6.72. The van der Waals surface area contributed by atoms with Crippen LogP contribution in [0.1, 0.15) is 21.7 Å². The smallest absolute Gasteiger partial charge is 0.272 e. The summed E-state index contributed by atoms with van der Waals surface area (Å²) in [6.45, 7) is 2.41. The maximum Gasteiger partial charge on any atom is 0.272 e. The van der Waals surface area contributed by atoms with Gasteiger partial charge in [-0.1, -0.05) is 29.3 Å². The minimum Gasteiger partial charge on any atom is -0.468 e. The summed E-state index contributed by atoms with van der Waals surface area (Å²) in [6.07, 6.45) is 3.38. The van der Waals surface area contributed by atoms with E-state index >= 15 is 0 Å². The van der Waals surface area contributed by atoms with E-state index in [1.165, 1.54) is 4.68 Å². The van der Waals surface area contributed by atoms with Crippen LogP contribution in [0.3, 0.4) is 0 Å². The zero-order valence-electron chi connectivity index (χ0n) is 14.2. The first-order valence-corrected chi connectivity index (χ1v) is 8.57. The molecular weight excluding hydrogens is 377 g/mol. The molecule has 0 radical (unpaired) electrons. The molecule has 0 aliphatic rings. The van der Waals surface area contributed by atoms with Crippen LogP contribution in [0.5, 0.6) is 5.75 Å². The number of amides is 1. The van der Waals surface area contributed by atoms with Crippen LogP contribution in [0.15, 0.2) is 36.7 Å². The summed E-state index contributed by atoms with van der Waals surface area (Å²) in [5, 5.41) is 12.0. The number of para-hydroxylation sites is 1. The number of carbonyl (C=O) groups is 1. The molecule has 1 aromatic carbocycles. The molecule has 3 aromatic rings. The molecule has 26 heavy (non-hydrogen) atoms. The SMILES string of the molecule is Cc1c(CNC(=O)c2ccn(COc3c(Cl)cccc3Cl)n2)cnn1C. The fraction of sp³-hybridized carbons (Fsp3) is 0.235. The summed E-state index contributed by atoms with van der Waals surface area (Å²) in [7, 11) is 1.85. The van der Waals surface area contributed by atoms with Crippen molar-refractivity contribution < 1.29 is 9.53 Å². The minimum absolute atomic E-state index is 0.0818. The van der Waals surface area contributed by atoms with Gasteiger partial charge in [0.2, 0.25) is 0 Å². The zero-order chi connectivity index (χ0) is 18.7. The topological polar surface area (TPSA) is 74.0 Å². The molecule has 0 unspecified atom stereocenters. The van der Waals surface area contributed by atoms with E-state index in [9.17, 15) is 4.79 Å². The summed E-state index contributed by atoms with van der Waals surface area (Å²) in [5.74, 6) is 0.104. The van der Waals surface area contributed by atoms with E-state index in [-0.39, 0.29) is 12.6 Å². The van der Waals surface area contributed by atoms with Crippen LogP contribution in [-0.2, 0) is 20.3 Å². The van der Waals surface area contributed by atoms with Crippen LogP contribution < -0.4 is 10.1 Å². The minimum atomic E-state index is -0.275. The predicted molar refractivity (Wildman–Crippen MR) is 98.4 cm³/mol. The van der Waals surface area contributed by atoms with Crippen molar-refractivity contribution in [1.29, 1.82) is 0 Å². The van der Waals surface area contributed by atoms with Crippen molar-refractivity contribution in [3.63, 3.8) is 0 Å². The van der Waals surface area contributed by atoms with Gasteiger partial charge in [0.05, 0.1) is 16.2 Å². The number of carbonyl (C=O) groups excluding carboxylic acids is 1. The van der Waals surface area contributed by atoms with Crippen LogP contribution in [0, 0.1) is 6.92 Å². The lowest BCUT2D eigenvalue weighted by Crippen LogP contribution is -2.24. The highest BCUT2D eigenvalue weighted by molar-refractivity contribution is 6.37. The van der Waals surface area contributed by atoms with Crippen molar-refractivity contribution in [3.8, 4) is 5.75 Å². The van der Waals surface area contributed by atoms with Crippen molar-refractivity contribution in [2.24, 2.45) is 7.05 Å². The number of nitrogens with one attached hydrogen (secondary N) is 1. The largest absolute Gasteiger partial charge is 0.468 e. The maximum absolute atomic E-state index is 12.2. The van der Waals surface area contributed by atoms with E-state index in [1.807, 2.05) is 14.0 Å². The summed E-state index contributed by atoms with van der Waals surface area (Å²) < 4.78 is 8.84. The molecule has 0 aliphatic carbocycles. The van der Waals surface area contributed by atoms with Gasteiger partial charge < -0.3 is 10.1 Å². The Morgan fingerprint density at radius 3 is 2.65 bits per heavy atom. The average Bonchev–Trinajstić information content (AvgIpc) is 3.21. The zero-order valence-corrected chi connectivity index (χ0v) is 15.8. The number of rotatable bonds is 6. The van der Waals surface area contributed by atoms with E-state index in [1.54, 1.807) is 41.3 Å². The van der Waals surface area contributed by atoms with Gasteiger partial charge in [-0.15, -0.1) is 0 Å². The van der Waals surface area contributed by atoms with Crippen molar-refractivity contribution in [2.75, 3.05) is 0 Å². The third kappa shape index (κ3) is 4.00. The molecule has 0 saturated heterocycles. The molecule has 0 atom stereocenters. The van der Waals surface area contributed by atoms with Crippen LogP contribution in [-0.4, -0.2) is 25.5 Å². The fourth-order valence-electron chi connectivity index (χ4n) is 2.29. The second-order valence-electron chi connectivity index (χ2n) is 5.63. The molecule has 0 aliphatic heterocycles. The third-order valence-corrected chi connectivity index (χ3v) is 4.50.